The first-order valence-electron chi connectivity index (χ1n) is 6.59. The first-order valence-corrected chi connectivity index (χ1v) is 7.00. The Morgan fingerprint density at radius 2 is 1.45 bits per heavy atom. The summed E-state index contributed by atoms with van der Waals surface area (Å²) in [5, 5.41) is 2.39. The fraction of sp³-hybridized carbons (Fsp3) is 0.0625. The van der Waals surface area contributed by atoms with Crippen molar-refractivity contribution in [2.45, 2.75) is 6.92 Å². The van der Waals surface area contributed by atoms with E-state index in [1.54, 1.807) is 12.1 Å². The molecule has 2 rings (SSSR count). The molecule has 0 unspecified atom stereocenters. The summed E-state index contributed by atoms with van der Waals surface area (Å²) < 4.78 is 0. The Morgan fingerprint density at radius 3 is 2.05 bits per heavy atom. The number of amides is 2. The lowest BCUT2D eigenvalue weighted by Crippen LogP contribution is -2.47. The van der Waals surface area contributed by atoms with Gasteiger partial charge in [0.15, 0.2) is 5.11 Å². The van der Waals surface area contributed by atoms with Gasteiger partial charge in [0.25, 0.3) is 5.91 Å². The second-order valence-corrected chi connectivity index (χ2v) is 4.94. The van der Waals surface area contributed by atoms with Gasteiger partial charge in [-0.05, 0) is 35.5 Å². The zero-order valence-electron chi connectivity index (χ0n) is 11.9. The molecule has 0 spiro atoms. The first-order chi connectivity index (χ1) is 10.6. The molecule has 2 aromatic carbocycles. The highest BCUT2D eigenvalue weighted by atomic mass is 32.1. The molecule has 0 heterocycles. The van der Waals surface area contributed by atoms with E-state index in [0.717, 1.165) is 11.1 Å². The maximum Gasteiger partial charge on any atom is 0.269 e. The smallest absolute Gasteiger partial charge is 0.269 e. The number of carbonyl (C=O) groups is 2. The number of rotatable bonds is 2. The van der Waals surface area contributed by atoms with Crippen molar-refractivity contribution in [2.75, 3.05) is 0 Å². The Morgan fingerprint density at radius 1 is 0.864 bits per heavy atom. The van der Waals surface area contributed by atoms with Gasteiger partial charge in [0.05, 0.1) is 0 Å². The number of benzene rings is 2. The summed E-state index contributed by atoms with van der Waals surface area (Å²) in [6.07, 6.45) is 0. The predicted octanol–water partition coefficient (Wildman–Crippen LogP) is 2.01. The van der Waals surface area contributed by atoms with Crippen molar-refractivity contribution in [3.63, 3.8) is 0 Å². The number of thiocarbonyl (C=S) groups is 1. The lowest BCUT2D eigenvalue weighted by Gasteiger charge is -2.10. The number of hydrazine groups is 1. The highest BCUT2D eigenvalue weighted by Gasteiger charge is 2.06. The third kappa shape index (κ3) is 4.39. The number of hydrogen-bond acceptors (Lipinski definition) is 3. The average Bonchev–Trinajstić information content (AvgIpc) is 2.53. The molecule has 0 atom stereocenters. The average molecular weight is 313 g/mol. The molecule has 0 bridgehead atoms. The third-order valence-corrected chi connectivity index (χ3v) is 3.04. The van der Waals surface area contributed by atoms with Crippen molar-refractivity contribution in [2.24, 2.45) is 0 Å². The summed E-state index contributed by atoms with van der Waals surface area (Å²) in [5.74, 6) is -0.647. The minimum Gasteiger partial charge on any atom is -0.302 e. The number of nitrogens with one attached hydrogen (secondary N) is 3. The van der Waals surface area contributed by atoms with Crippen LogP contribution in [0.15, 0.2) is 54.6 Å². The Hall–Kier alpha value is -2.73. The second-order valence-electron chi connectivity index (χ2n) is 4.53. The van der Waals surface area contributed by atoms with Gasteiger partial charge in [-0.15, -0.1) is 0 Å². The first kappa shape index (κ1) is 15.7. The normalized spacial score (nSPS) is 9.68. The molecule has 0 saturated heterocycles. The van der Waals surface area contributed by atoms with E-state index in [1.165, 1.54) is 6.92 Å². The molecule has 6 heteroatoms. The largest absolute Gasteiger partial charge is 0.302 e. The van der Waals surface area contributed by atoms with Crippen molar-refractivity contribution >= 4 is 29.1 Å². The molecule has 22 heavy (non-hydrogen) atoms. The van der Waals surface area contributed by atoms with Crippen LogP contribution in [0.3, 0.4) is 0 Å². The van der Waals surface area contributed by atoms with Gasteiger partial charge in [-0.2, -0.15) is 0 Å². The van der Waals surface area contributed by atoms with Gasteiger partial charge >= 0.3 is 0 Å². The van der Waals surface area contributed by atoms with Crippen LogP contribution in [0, 0.1) is 0 Å². The maximum absolute atomic E-state index is 11.9. The van der Waals surface area contributed by atoms with Crippen LogP contribution >= 0.6 is 12.2 Å². The molecule has 0 fully saturated rings. The van der Waals surface area contributed by atoms with Gasteiger partial charge in [0.1, 0.15) is 0 Å². The van der Waals surface area contributed by atoms with Gasteiger partial charge in [-0.1, -0.05) is 42.5 Å². The third-order valence-electron chi connectivity index (χ3n) is 2.83. The molecule has 0 aliphatic rings. The molecule has 0 aromatic heterocycles. The van der Waals surface area contributed by atoms with Crippen LogP contribution in [0.5, 0.6) is 0 Å². The van der Waals surface area contributed by atoms with Gasteiger partial charge in [-0.3, -0.25) is 20.4 Å². The molecule has 2 aromatic rings. The van der Waals surface area contributed by atoms with E-state index >= 15 is 0 Å². The quantitative estimate of drug-likeness (QED) is 0.586. The van der Waals surface area contributed by atoms with Crippen LogP contribution < -0.4 is 16.2 Å². The van der Waals surface area contributed by atoms with Gasteiger partial charge < -0.3 is 5.32 Å². The minimum absolute atomic E-state index is 0.0433. The van der Waals surface area contributed by atoms with E-state index in [0.29, 0.717) is 5.56 Å². The monoisotopic (exact) mass is 313 g/mol. The van der Waals surface area contributed by atoms with E-state index in [4.69, 9.17) is 12.2 Å². The highest BCUT2D eigenvalue weighted by molar-refractivity contribution is 7.80. The maximum atomic E-state index is 11.9. The van der Waals surface area contributed by atoms with E-state index in [9.17, 15) is 9.59 Å². The molecule has 5 nitrogen and oxygen atoms in total. The second kappa shape index (κ2) is 7.33. The topological polar surface area (TPSA) is 70.2 Å². The molecule has 0 aliphatic heterocycles. The molecular weight excluding hydrogens is 298 g/mol. The molecule has 0 radical (unpaired) electrons. The fourth-order valence-electron chi connectivity index (χ4n) is 1.82. The Balaban J connectivity index is 1.97. The van der Waals surface area contributed by atoms with E-state index in [2.05, 4.69) is 16.2 Å². The Bertz CT molecular complexity index is 684. The lowest BCUT2D eigenvalue weighted by atomic mass is 10.0. The highest BCUT2D eigenvalue weighted by Crippen LogP contribution is 2.19. The molecular formula is C16H15N3O2S. The molecule has 2 amide bonds. The fourth-order valence-corrected chi connectivity index (χ4v) is 2.02. The zero-order valence-corrected chi connectivity index (χ0v) is 12.7. The van der Waals surface area contributed by atoms with Crippen molar-refractivity contribution in [1.82, 2.24) is 16.2 Å². The van der Waals surface area contributed by atoms with E-state index in [1.807, 2.05) is 42.5 Å². The predicted molar refractivity (Wildman–Crippen MR) is 88.9 cm³/mol. The van der Waals surface area contributed by atoms with Crippen LogP contribution in [0.1, 0.15) is 17.3 Å². The SMILES string of the molecule is CC(=O)NC(=S)NNC(=O)c1ccc(-c2ccccc2)cc1. The van der Waals surface area contributed by atoms with Gasteiger partial charge in [0, 0.05) is 12.5 Å². The van der Waals surface area contributed by atoms with Crippen LogP contribution in [-0.4, -0.2) is 16.9 Å². The number of carbonyl (C=O) groups excluding carboxylic acids is 2. The summed E-state index contributed by atoms with van der Waals surface area (Å²) in [7, 11) is 0. The van der Waals surface area contributed by atoms with Crippen LogP contribution in [0.4, 0.5) is 0 Å². The molecule has 112 valence electrons. The summed E-state index contributed by atoms with van der Waals surface area (Å²) in [6, 6.07) is 17.1. The standard InChI is InChI=1S/C16H15N3O2S/c1-11(20)17-16(22)19-18-15(21)14-9-7-13(8-10-14)12-5-3-2-4-6-12/h2-10H,1H3,(H,18,21)(H2,17,19,20,22). The summed E-state index contributed by atoms with van der Waals surface area (Å²) >= 11 is 4.83. The van der Waals surface area contributed by atoms with Crippen molar-refractivity contribution in [1.29, 1.82) is 0 Å². The van der Waals surface area contributed by atoms with Gasteiger partial charge in [0.2, 0.25) is 5.91 Å². The molecule has 0 aliphatic carbocycles. The zero-order chi connectivity index (χ0) is 15.9. The van der Waals surface area contributed by atoms with Crippen molar-refractivity contribution < 1.29 is 9.59 Å². The summed E-state index contributed by atoms with van der Waals surface area (Å²) in [6.45, 7) is 1.33. The van der Waals surface area contributed by atoms with E-state index in [-0.39, 0.29) is 16.9 Å². The van der Waals surface area contributed by atoms with E-state index < -0.39 is 0 Å². The number of hydrogen-bond donors (Lipinski definition) is 3. The van der Waals surface area contributed by atoms with Crippen LogP contribution in [0.25, 0.3) is 11.1 Å². The molecule has 3 N–H and O–H groups in total. The van der Waals surface area contributed by atoms with Crippen molar-refractivity contribution in [3.05, 3.63) is 60.2 Å². The van der Waals surface area contributed by atoms with Crippen molar-refractivity contribution in [3.8, 4) is 11.1 Å². The minimum atomic E-state index is -0.340. The van der Waals surface area contributed by atoms with Crippen LogP contribution in [0.2, 0.25) is 0 Å². The lowest BCUT2D eigenvalue weighted by molar-refractivity contribution is -0.117. The summed E-state index contributed by atoms with van der Waals surface area (Å²) in [4.78, 5) is 22.7. The van der Waals surface area contributed by atoms with Crippen LogP contribution in [-0.2, 0) is 4.79 Å². The summed E-state index contributed by atoms with van der Waals surface area (Å²) in [5.41, 5.74) is 7.47. The Kier molecular flexibility index (Phi) is 5.21. The molecule has 0 saturated carbocycles. The Labute approximate surface area is 133 Å². The van der Waals surface area contributed by atoms with Gasteiger partial charge in [-0.25, -0.2) is 0 Å².